The largest absolute Gasteiger partial charge is 0.490 e. The Hall–Kier alpha value is -1.54. The number of ether oxygens (including phenoxy) is 3. The van der Waals surface area contributed by atoms with Gasteiger partial charge in [0.2, 0.25) is 0 Å². The number of nitrogens with zero attached hydrogens (tertiary/aromatic N) is 1. The smallest absolute Gasteiger partial charge is 0.425 e. The number of oxazole rings is 1. The third-order valence-electron chi connectivity index (χ3n) is 3.99. The minimum absolute atomic E-state index is 0.00408. The average molecular weight is 464 g/mol. The molecule has 0 fully saturated rings. The Morgan fingerprint density at radius 1 is 1.10 bits per heavy atom. The van der Waals surface area contributed by atoms with Crippen molar-refractivity contribution in [2.75, 3.05) is 33.0 Å². The zero-order chi connectivity index (χ0) is 22.5. The number of rotatable bonds is 10. The molecular weight excluding hydrogens is 436 g/mol. The molecule has 9 heteroatoms. The molecule has 0 radical (unpaired) electrons. The second-order valence-corrected chi connectivity index (χ2v) is 9.00. The molecule has 6 nitrogen and oxygen atoms in total. The quantitative estimate of drug-likeness (QED) is 0.450. The van der Waals surface area contributed by atoms with E-state index in [-0.39, 0.29) is 34.0 Å². The van der Waals surface area contributed by atoms with Gasteiger partial charge in [-0.15, -0.1) is 0 Å². The van der Waals surface area contributed by atoms with Crippen molar-refractivity contribution in [1.29, 1.82) is 0 Å². The van der Waals surface area contributed by atoms with Gasteiger partial charge >= 0.3 is 5.76 Å². The van der Waals surface area contributed by atoms with Crippen LogP contribution in [0.2, 0.25) is 10.2 Å². The van der Waals surface area contributed by atoms with Gasteiger partial charge in [0.1, 0.15) is 18.2 Å². The fourth-order valence-electron chi connectivity index (χ4n) is 2.57. The Labute approximate surface area is 185 Å². The molecule has 0 spiro atoms. The highest BCUT2D eigenvalue weighted by molar-refractivity contribution is 6.32. The first kappa shape index (κ1) is 24.7. The first-order valence-corrected chi connectivity index (χ1v) is 10.5. The predicted octanol–water partition coefficient (Wildman–Crippen LogP) is 5.24. The van der Waals surface area contributed by atoms with Gasteiger partial charge in [-0.25, -0.2) is 13.8 Å². The summed E-state index contributed by atoms with van der Waals surface area (Å²) < 4.78 is 37.2. The molecule has 2 rings (SSSR count). The third kappa shape index (κ3) is 6.48. The fourth-order valence-corrected chi connectivity index (χ4v) is 3.26. The third-order valence-corrected chi connectivity index (χ3v) is 4.62. The van der Waals surface area contributed by atoms with Crippen LogP contribution in [0, 0.1) is 11.7 Å². The van der Waals surface area contributed by atoms with Gasteiger partial charge in [-0.05, 0) is 12.0 Å². The molecule has 0 aliphatic rings. The lowest BCUT2D eigenvalue weighted by atomic mass is 9.94. The van der Waals surface area contributed by atoms with Crippen LogP contribution in [0.15, 0.2) is 21.3 Å². The van der Waals surface area contributed by atoms with Crippen LogP contribution in [0.3, 0.4) is 0 Å². The van der Waals surface area contributed by atoms with Crippen LogP contribution in [0.5, 0.6) is 5.75 Å². The number of hydrogen-bond donors (Lipinski definition) is 0. The van der Waals surface area contributed by atoms with Gasteiger partial charge in [0.05, 0.1) is 30.5 Å². The number of hydrogen-bond acceptors (Lipinski definition) is 5. The Morgan fingerprint density at radius 3 is 2.33 bits per heavy atom. The maximum absolute atomic E-state index is 14.6. The summed E-state index contributed by atoms with van der Waals surface area (Å²) in [5.41, 5.74) is -0.633. The van der Waals surface area contributed by atoms with Crippen LogP contribution in [0.4, 0.5) is 4.39 Å². The van der Waals surface area contributed by atoms with Crippen molar-refractivity contribution in [3.8, 4) is 11.4 Å². The molecule has 2 aromatic rings. The van der Waals surface area contributed by atoms with Crippen LogP contribution < -0.4 is 10.5 Å². The summed E-state index contributed by atoms with van der Waals surface area (Å²) in [6.07, 6.45) is 0. The molecule has 0 aliphatic heterocycles. The van der Waals surface area contributed by atoms with E-state index >= 15 is 0 Å². The molecule has 168 valence electrons. The normalized spacial score (nSPS) is 12.0. The first-order chi connectivity index (χ1) is 14.0. The molecular formula is C21H28Cl2FNO5. The van der Waals surface area contributed by atoms with Gasteiger partial charge in [0.15, 0.2) is 10.9 Å². The summed E-state index contributed by atoms with van der Waals surface area (Å²) in [5.74, 6) is -0.579. The molecule has 0 atom stereocenters. The highest BCUT2D eigenvalue weighted by Gasteiger charge is 2.28. The first-order valence-electron chi connectivity index (χ1n) is 9.72. The molecule has 0 saturated carbocycles. The van der Waals surface area contributed by atoms with Crippen molar-refractivity contribution in [3.63, 3.8) is 0 Å². The van der Waals surface area contributed by atoms with E-state index in [9.17, 15) is 9.18 Å². The van der Waals surface area contributed by atoms with Gasteiger partial charge in [-0.2, -0.15) is 0 Å². The van der Waals surface area contributed by atoms with E-state index in [1.165, 1.54) is 6.07 Å². The maximum Gasteiger partial charge on any atom is 0.425 e. The minimum atomic E-state index is -0.790. The van der Waals surface area contributed by atoms with Crippen LogP contribution in [-0.4, -0.2) is 37.6 Å². The number of halogens is 3. The lowest BCUT2D eigenvalue weighted by Crippen LogP contribution is -2.15. The molecule has 1 aromatic heterocycles. The summed E-state index contributed by atoms with van der Waals surface area (Å²) in [7, 11) is 0. The number of aromatic nitrogens is 1. The molecule has 0 N–H and O–H groups in total. The lowest BCUT2D eigenvalue weighted by Gasteiger charge is -2.15. The maximum atomic E-state index is 14.6. The van der Waals surface area contributed by atoms with Gasteiger partial charge in [0.25, 0.3) is 0 Å². The topological polar surface area (TPSA) is 62.8 Å². The standard InChI is InChI=1S/C21H28Cl2FNO5/c1-13(2)12-28-7-6-27-8-9-29-17-11-16(15(24)10-14(17)22)25-19(23)18(21(3,4)5)30-20(25)26/h10-11,13H,6-9,12H2,1-5H3. The van der Waals surface area contributed by atoms with Crippen molar-refractivity contribution in [2.45, 2.75) is 40.0 Å². The Balaban J connectivity index is 2.07. The van der Waals surface area contributed by atoms with Crippen molar-refractivity contribution in [1.82, 2.24) is 4.57 Å². The highest BCUT2D eigenvalue weighted by Crippen LogP contribution is 2.34. The molecule has 0 bridgehead atoms. The highest BCUT2D eigenvalue weighted by atomic mass is 35.5. The van der Waals surface area contributed by atoms with E-state index in [0.717, 1.165) is 10.6 Å². The zero-order valence-corrected chi connectivity index (χ0v) is 19.4. The molecule has 30 heavy (non-hydrogen) atoms. The van der Waals surface area contributed by atoms with Gasteiger partial charge < -0.3 is 18.6 Å². The van der Waals surface area contributed by atoms with Gasteiger partial charge in [-0.3, -0.25) is 0 Å². The summed E-state index contributed by atoms with van der Waals surface area (Å²) in [4.78, 5) is 12.3. The van der Waals surface area contributed by atoms with E-state index in [1.54, 1.807) is 0 Å². The summed E-state index contributed by atoms with van der Waals surface area (Å²) in [6, 6.07) is 2.39. The minimum Gasteiger partial charge on any atom is -0.490 e. The SMILES string of the molecule is CC(C)COCCOCCOc1cc(-n2c(Cl)c(C(C)(C)C)oc2=O)c(F)cc1Cl. The Bertz CT molecular complexity index is 902. The zero-order valence-electron chi connectivity index (χ0n) is 17.9. The van der Waals surface area contributed by atoms with Crippen LogP contribution in [0.1, 0.15) is 40.4 Å². The molecule has 0 aliphatic carbocycles. The van der Waals surface area contributed by atoms with Crippen LogP contribution in [-0.2, 0) is 14.9 Å². The number of benzene rings is 1. The van der Waals surface area contributed by atoms with E-state index in [2.05, 4.69) is 13.8 Å². The fraction of sp³-hybridized carbons (Fsp3) is 0.571. The van der Waals surface area contributed by atoms with E-state index in [1.807, 2.05) is 20.8 Å². The van der Waals surface area contributed by atoms with Crippen molar-refractivity contribution in [2.24, 2.45) is 5.92 Å². The van der Waals surface area contributed by atoms with Crippen molar-refractivity contribution < 1.29 is 23.0 Å². The molecule has 1 heterocycles. The Morgan fingerprint density at radius 2 is 1.73 bits per heavy atom. The molecule has 0 amide bonds. The lowest BCUT2D eigenvalue weighted by molar-refractivity contribution is 0.0282. The van der Waals surface area contributed by atoms with Crippen molar-refractivity contribution >= 4 is 23.2 Å². The van der Waals surface area contributed by atoms with Crippen molar-refractivity contribution in [3.05, 3.63) is 44.4 Å². The van der Waals surface area contributed by atoms with Gasteiger partial charge in [0, 0.05) is 18.1 Å². The van der Waals surface area contributed by atoms with Gasteiger partial charge in [-0.1, -0.05) is 57.8 Å². The van der Waals surface area contributed by atoms with Crippen LogP contribution in [0.25, 0.3) is 5.69 Å². The summed E-state index contributed by atoms with van der Waals surface area (Å²) >= 11 is 12.4. The summed E-state index contributed by atoms with van der Waals surface area (Å²) in [6.45, 7) is 11.8. The molecule has 0 unspecified atom stereocenters. The predicted molar refractivity (Wildman–Crippen MR) is 115 cm³/mol. The second-order valence-electron chi connectivity index (χ2n) is 8.24. The monoisotopic (exact) mass is 463 g/mol. The molecule has 1 aromatic carbocycles. The van der Waals surface area contributed by atoms with E-state index in [0.29, 0.717) is 32.3 Å². The summed E-state index contributed by atoms with van der Waals surface area (Å²) in [5, 5.41) is 0.0737. The van der Waals surface area contributed by atoms with E-state index in [4.69, 9.17) is 41.8 Å². The van der Waals surface area contributed by atoms with E-state index < -0.39 is 17.0 Å². The second kappa shape index (κ2) is 10.7. The van der Waals surface area contributed by atoms with Crippen LogP contribution >= 0.6 is 23.2 Å². The molecule has 0 saturated heterocycles. The Kier molecular flexibility index (Phi) is 8.79. The average Bonchev–Trinajstić information content (AvgIpc) is 2.93.